The first kappa shape index (κ1) is 22.8. The van der Waals surface area contributed by atoms with Gasteiger partial charge in [0.1, 0.15) is 29.6 Å². The molecule has 0 amide bonds. The van der Waals surface area contributed by atoms with Crippen LogP contribution in [0.25, 0.3) is 22.1 Å². The fraction of sp³-hybridized carbons (Fsp3) is 0.250. The molecule has 2 bridgehead atoms. The largest absolute Gasteiger partial charge is 0.489 e. The smallest absolute Gasteiger partial charge is 0.336 e. The minimum absolute atomic E-state index is 0.0826. The van der Waals surface area contributed by atoms with Gasteiger partial charge in [-0.05, 0) is 52.6 Å². The molecule has 1 N–H and O–H groups in total. The molecular formula is C28H22F2O6. The highest BCUT2D eigenvalue weighted by Crippen LogP contribution is 2.42. The van der Waals surface area contributed by atoms with Crippen LogP contribution in [0.4, 0.5) is 8.78 Å². The Morgan fingerprint density at radius 1 is 0.972 bits per heavy atom. The molecule has 2 fully saturated rings. The lowest BCUT2D eigenvalue weighted by Crippen LogP contribution is -2.39. The van der Waals surface area contributed by atoms with Gasteiger partial charge in [0.2, 0.25) is 0 Å². The van der Waals surface area contributed by atoms with E-state index in [9.17, 15) is 18.7 Å². The Hall–Kier alpha value is -3.59. The molecule has 6 rings (SSSR count). The molecule has 3 aromatic carbocycles. The maximum Gasteiger partial charge on any atom is 0.336 e. The van der Waals surface area contributed by atoms with Gasteiger partial charge in [-0.1, -0.05) is 24.3 Å². The highest BCUT2D eigenvalue weighted by Gasteiger charge is 2.46. The predicted octanol–water partition coefficient (Wildman–Crippen LogP) is 5.04. The maximum absolute atomic E-state index is 14.4. The van der Waals surface area contributed by atoms with Gasteiger partial charge in [0.15, 0.2) is 6.29 Å². The van der Waals surface area contributed by atoms with Gasteiger partial charge < -0.3 is 23.7 Å². The molecule has 2 saturated heterocycles. The Kier molecular flexibility index (Phi) is 5.59. The van der Waals surface area contributed by atoms with Gasteiger partial charge in [-0.2, -0.15) is 0 Å². The lowest BCUT2D eigenvalue weighted by Gasteiger charge is -2.35. The van der Waals surface area contributed by atoms with Crippen LogP contribution in [0, 0.1) is 11.6 Å². The fourth-order valence-corrected chi connectivity index (χ4v) is 4.94. The molecular weight excluding hydrogens is 470 g/mol. The van der Waals surface area contributed by atoms with E-state index in [2.05, 4.69) is 0 Å². The van der Waals surface area contributed by atoms with Gasteiger partial charge in [0.25, 0.3) is 0 Å². The van der Waals surface area contributed by atoms with Crippen molar-refractivity contribution in [3.05, 3.63) is 99.9 Å². The van der Waals surface area contributed by atoms with E-state index in [1.54, 1.807) is 30.3 Å². The number of halogens is 2. The summed E-state index contributed by atoms with van der Waals surface area (Å²) in [7, 11) is 0. The first-order valence-corrected chi connectivity index (χ1v) is 11.6. The Morgan fingerprint density at radius 2 is 1.81 bits per heavy atom. The zero-order valence-corrected chi connectivity index (χ0v) is 19.1. The highest BCUT2D eigenvalue weighted by atomic mass is 19.1. The molecule has 3 heterocycles. The minimum Gasteiger partial charge on any atom is -0.489 e. The van der Waals surface area contributed by atoms with E-state index in [-0.39, 0.29) is 30.7 Å². The third-order valence-electron chi connectivity index (χ3n) is 6.66. The van der Waals surface area contributed by atoms with Crippen molar-refractivity contribution in [2.24, 2.45) is 0 Å². The number of ether oxygens (including phenoxy) is 3. The summed E-state index contributed by atoms with van der Waals surface area (Å²) in [5.41, 5.74) is 0.986. The van der Waals surface area contributed by atoms with E-state index in [4.69, 9.17) is 18.6 Å². The van der Waals surface area contributed by atoms with Crippen LogP contribution < -0.4 is 10.4 Å². The molecule has 2 aliphatic heterocycles. The molecule has 0 spiro atoms. The number of rotatable bonds is 5. The van der Waals surface area contributed by atoms with Crippen molar-refractivity contribution in [2.75, 3.05) is 6.61 Å². The molecule has 3 atom stereocenters. The Balaban J connectivity index is 1.25. The lowest BCUT2D eigenvalue weighted by atomic mass is 9.84. The normalized spacial score (nSPS) is 23.2. The predicted molar refractivity (Wildman–Crippen MR) is 126 cm³/mol. The summed E-state index contributed by atoms with van der Waals surface area (Å²) in [6.07, 6.45) is -0.208. The summed E-state index contributed by atoms with van der Waals surface area (Å²) in [5, 5.41) is 11.9. The SMILES string of the molecule is O=c1cc(-c2ccc(F)cc2)c2ccc(COc3cc(F)cc([C@]4(O)C[C@H]5CO[C@@H](C4)O5)c3)cc2o1. The quantitative estimate of drug-likeness (QED) is 0.394. The van der Waals surface area contributed by atoms with E-state index in [1.165, 1.54) is 30.3 Å². The number of benzene rings is 3. The monoisotopic (exact) mass is 492 g/mol. The number of hydrogen-bond donors (Lipinski definition) is 1. The molecule has 4 aromatic rings. The fourth-order valence-electron chi connectivity index (χ4n) is 4.94. The Morgan fingerprint density at radius 3 is 2.61 bits per heavy atom. The zero-order chi connectivity index (χ0) is 24.9. The van der Waals surface area contributed by atoms with Gasteiger partial charge in [-0.25, -0.2) is 13.6 Å². The second-order valence-electron chi connectivity index (χ2n) is 9.24. The molecule has 2 aliphatic rings. The molecule has 0 unspecified atom stereocenters. The average molecular weight is 492 g/mol. The summed E-state index contributed by atoms with van der Waals surface area (Å²) >= 11 is 0. The van der Waals surface area contributed by atoms with Crippen LogP contribution in [0.15, 0.2) is 75.9 Å². The van der Waals surface area contributed by atoms with E-state index in [0.29, 0.717) is 46.3 Å². The standard InChI is InChI=1S/C28H22F2O6/c29-19-4-2-17(3-5-19)24-11-26(31)36-25-7-16(1-6-23(24)25)14-33-21-9-18(8-20(30)10-21)28(32)12-22-15-34-27(13-28)35-22/h1-11,22,27,32H,12-15H2/t22-,27+,28-/m0/s1. The maximum atomic E-state index is 14.4. The summed E-state index contributed by atoms with van der Waals surface area (Å²) in [6.45, 7) is 0.492. The van der Waals surface area contributed by atoms with Crippen molar-refractivity contribution >= 4 is 11.0 Å². The highest BCUT2D eigenvalue weighted by molar-refractivity contribution is 5.93. The van der Waals surface area contributed by atoms with Crippen molar-refractivity contribution < 1.29 is 32.5 Å². The topological polar surface area (TPSA) is 78.1 Å². The van der Waals surface area contributed by atoms with Crippen LogP contribution >= 0.6 is 0 Å². The van der Waals surface area contributed by atoms with Crippen LogP contribution in [0.2, 0.25) is 0 Å². The number of hydrogen-bond acceptors (Lipinski definition) is 6. The molecule has 8 heteroatoms. The third-order valence-corrected chi connectivity index (χ3v) is 6.66. The number of fused-ring (bicyclic) bond motifs is 3. The molecule has 1 aromatic heterocycles. The summed E-state index contributed by atoms with van der Waals surface area (Å²) < 4.78 is 50.1. The van der Waals surface area contributed by atoms with Crippen molar-refractivity contribution in [2.45, 2.75) is 37.4 Å². The van der Waals surface area contributed by atoms with Crippen molar-refractivity contribution in [1.82, 2.24) is 0 Å². The van der Waals surface area contributed by atoms with Crippen LogP contribution in [0.1, 0.15) is 24.0 Å². The summed E-state index contributed by atoms with van der Waals surface area (Å²) in [6, 6.07) is 16.7. The van der Waals surface area contributed by atoms with E-state index < -0.39 is 23.3 Å². The van der Waals surface area contributed by atoms with Crippen LogP contribution in [0.3, 0.4) is 0 Å². The zero-order valence-electron chi connectivity index (χ0n) is 19.1. The molecule has 0 aliphatic carbocycles. The van der Waals surface area contributed by atoms with Gasteiger partial charge in [0, 0.05) is 30.4 Å². The second-order valence-corrected chi connectivity index (χ2v) is 9.24. The first-order chi connectivity index (χ1) is 17.3. The van der Waals surface area contributed by atoms with Crippen LogP contribution in [-0.4, -0.2) is 24.1 Å². The van der Waals surface area contributed by atoms with E-state index in [1.807, 2.05) is 6.07 Å². The summed E-state index contributed by atoms with van der Waals surface area (Å²) in [5.74, 6) is -0.625. The van der Waals surface area contributed by atoms with E-state index >= 15 is 0 Å². The van der Waals surface area contributed by atoms with Gasteiger partial charge in [0.05, 0.1) is 18.3 Å². The molecule has 0 radical (unpaired) electrons. The summed E-state index contributed by atoms with van der Waals surface area (Å²) in [4.78, 5) is 12.2. The van der Waals surface area contributed by atoms with Crippen LogP contribution in [-0.2, 0) is 21.7 Å². The number of aliphatic hydroxyl groups is 1. The molecule has 0 saturated carbocycles. The first-order valence-electron chi connectivity index (χ1n) is 11.6. The van der Waals surface area contributed by atoms with E-state index in [0.717, 1.165) is 0 Å². The van der Waals surface area contributed by atoms with Gasteiger partial charge in [-0.3, -0.25) is 0 Å². The van der Waals surface area contributed by atoms with Crippen LogP contribution in [0.5, 0.6) is 5.75 Å². The molecule has 6 nitrogen and oxygen atoms in total. The van der Waals surface area contributed by atoms with Crippen molar-refractivity contribution in [3.63, 3.8) is 0 Å². The Labute approximate surface area is 204 Å². The molecule has 36 heavy (non-hydrogen) atoms. The van der Waals surface area contributed by atoms with Crippen molar-refractivity contribution in [1.29, 1.82) is 0 Å². The van der Waals surface area contributed by atoms with Gasteiger partial charge in [-0.15, -0.1) is 0 Å². The van der Waals surface area contributed by atoms with Crippen molar-refractivity contribution in [3.8, 4) is 16.9 Å². The second kappa shape index (κ2) is 8.81. The Bertz CT molecular complexity index is 1480. The average Bonchev–Trinajstić information content (AvgIpc) is 3.20. The molecule has 184 valence electrons. The third kappa shape index (κ3) is 4.39. The minimum atomic E-state index is -1.27. The lowest BCUT2D eigenvalue weighted by molar-refractivity contribution is -0.159. The van der Waals surface area contributed by atoms with Gasteiger partial charge >= 0.3 is 5.63 Å².